The first-order valence-corrected chi connectivity index (χ1v) is 9.76. The Morgan fingerprint density at radius 3 is 2.52 bits per heavy atom. The Labute approximate surface area is 197 Å². The Balaban J connectivity index is 0.00000231. The molecule has 156 valence electrons. The van der Waals surface area contributed by atoms with Crippen molar-refractivity contribution in [3.8, 4) is 11.4 Å². The van der Waals surface area contributed by atoms with Gasteiger partial charge in [0.25, 0.3) is 0 Å². The summed E-state index contributed by atoms with van der Waals surface area (Å²) in [5, 5.41) is 21.3. The third kappa shape index (κ3) is 3.81. The number of H-pyrrole nitrogens is 1. The second-order valence-corrected chi connectivity index (χ2v) is 7.96. The van der Waals surface area contributed by atoms with Crippen LogP contribution in [0, 0.1) is 35.2 Å². The molecule has 7 nitrogen and oxygen atoms in total. The molecular formula is C20H17F3N5NaO2. The van der Waals surface area contributed by atoms with Gasteiger partial charge in [-0.3, -0.25) is 5.10 Å². The Hall–Kier alpha value is -2.17. The van der Waals surface area contributed by atoms with Crippen molar-refractivity contribution < 1.29 is 52.6 Å². The second-order valence-electron chi connectivity index (χ2n) is 7.96. The molecule has 0 saturated heterocycles. The number of nitrogens with zero attached hydrogens (tertiary/aromatic N) is 3. The summed E-state index contributed by atoms with van der Waals surface area (Å²) >= 11 is 0. The molecule has 2 bridgehead atoms. The molecule has 3 aromatic heterocycles. The molecule has 3 heterocycles. The average Bonchev–Trinajstić information content (AvgIpc) is 3.13. The summed E-state index contributed by atoms with van der Waals surface area (Å²) in [5.41, 5.74) is -0.0491. The zero-order valence-electron chi connectivity index (χ0n) is 16.7. The SMILES string of the molecule is O=C([O-])[C@@H]1C2CCC(CC2)[C@H]1Nc1nc(-c2[nH]nc3ncc(F)cc23)c(F)cc1F.[Na+]. The number of pyridine rings is 2. The molecular weight excluding hydrogens is 422 g/mol. The Morgan fingerprint density at radius 1 is 1.10 bits per heavy atom. The summed E-state index contributed by atoms with van der Waals surface area (Å²) in [7, 11) is 0. The number of fused-ring (bicyclic) bond motifs is 4. The van der Waals surface area contributed by atoms with Crippen LogP contribution in [0.2, 0.25) is 0 Å². The van der Waals surface area contributed by atoms with E-state index in [1.54, 1.807) is 0 Å². The normalized spacial score (nSPS) is 24.7. The predicted molar refractivity (Wildman–Crippen MR) is 98.3 cm³/mol. The van der Waals surface area contributed by atoms with Crippen molar-refractivity contribution in [1.29, 1.82) is 0 Å². The van der Waals surface area contributed by atoms with Crippen molar-refractivity contribution in [1.82, 2.24) is 20.2 Å². The third-order valence-corrected chi connectivity index (χ3v) is 6.34. The van der Waals surface area contributed by atoms with Crippen molar-refractivity contribution in [2.75, 3.05) is 5.32 Å². The summed E-state index contributed by atoms with van der Waals surface area (Å²) in [4.78, 5) is 19.6. The van der Waals surface area contributed by atoms with Gasteiger partial charge in [-0.15, -0.1) is 0 Å². The van der Waals surface area contributed by atoms with Crippen LogP contribution in [0.5, 0.6) is 0 Å². The maximum Gasteiger partial charge on any atom is 1.00 e. The minimum Gasteiger partial charge on any atom is -0.550 e. The maximum absolute atomic E-state index is 14.6. The summed E-state index contributed by atoms with van der Waals surface area (Å²) in [6.45, 7) is 0. The molecule has 0 spiro atoms. The van der Waals surface area contributed by atoms with Gasteiger partial charge in [-0.25, -0.2) is 23.1 Å². The van der Waals surface area contributed by atoms with Crippen LogP contribution >= 0.6 is 0 Å². The van der Waals surface area contributed by atoms with Crippen LogP contribution < -0.4 is 40.0 Å². The molecule has 2 N–H and O–H groups in total. The van der Waals surface area contributed by atoms with Crippen LogP contribution in [-0.2, 0) is 4.79 Å². The maximum atomic E-state index is 14.6. The molecule has 31 heavy (non-hydrogen) atoms. The number of carbonyl (C=O) groups is 1. The van der Waals surface area contributed by atoms with E-state index in [0.717, 1.165) is 37.9 Å². The second kappa shape index (κ2) is 8.40. The largest absolute Gasteiger partial charge is 1.00 e. The van der Waals surface area contributed by atoms with Crippen LogP contribution in [-0.4, -0.2) is 32.2 Å². The fourth-order valence-corrected chi connectivity index (χ4v) is 4.95. The molecule has 0 aromatic carbocycles. The van der Waals surface area contributed by atoms with Crippen LogP contribution in [0.4, 0.5) is 19.0 Å². The Bertz CT molecular complexity index is 1150. The van der Waals surface area contributed by atoms with E-state index in [2.05, 4.69) is 25.5 Å². The minimum atomic E-state index is -1.18. The number of carboxylic acid groups (broad SMARTS) is 1. The van der Waals surface area contributed by atoms with E-state index in [-0.39, 0.29) is 69.6 Å². The summed E-state index contributed by atoms with van der Waals surface area (Å²) in [6.07, 6.45) is 4.23. The van der Waals surface area contributed by atoms with Gasteiger partial charge < -0.3 is 15.2 Å². The number of halogens is 3. The van der Waals surface area contributed by atoms with Crippen LogP contribution in [0.3, 0.4) is 0 Å². The van der Waals surface area contributed by atoms with Gasteiger partial charge in [0, 0.05) is 24.0 Å². The number of carbonyl (C=O) groups excluding carboxylic acids is 1. The molecule has 3 saturated carbocycles. The van der Waals surface area contributed by atoms with Gasteiger partial charge in [-0.05, 0) is 43.6 Å². The number of anilines is 1. The van der Waals surface area contributed by atoms with Crippen LogP contribution in [0.1, 0.15) is 25.7 Å². The first kappa shape index (κ1) is 22.0. The van der Waals surface area contributed by atoms with Gasteiger partial charge in [0.1, 0.15) is 11.5 Å². The third-order valence-electron chi connectivity index (χ3n) is 6.34. The van der Waals surface area contributed by atoms with Gasteiger partial charge in [0.2, 0.25) is 0 Å². The number of nitrogens with one attached hydrogen (secondary N) is 2. The van der Waals surface area contributed by atoms with Gasteiger partial charge in [-0.1, -0.05) is 0 Å². The van der Waals surface area contributed by atoms with Gasteiger partial charge >= 0.3 is 29.6 Å². The topological polar surface area (TPSA) is 107 Å². The van der Waals surface area contributed by atoms with E-state index in [9.17, 15) is 23.1 Å². The molecule has 3 aliphatic carbocycles. The summed E-state index contributed by atoms with van der Waals surface area (Å²) in [5.74, 6) is -4.74. The van der Waals surface area contributed by atoms with Crippen molar-refractivity contribution in [3.05, 3.63) is 35.8 Å². The molecule has 0 radical (unpaired) electrons. The first-order chi connectivity index (χ1) is 14.4. The number of hydrogen-bond donors (Lipinski definition) is 2. The molecule has 3 fully saturated rings. The van der Waals surface area contributed by atoms with Crippen LogP contribution in [0.15, 0.2) is 18.3 Å². The van der Waals surface area contributed by atoms with Gasteiger partial charge in [0.05, 0.1) is 17.3 Å². The minimum absolute atomic E-state index is 0. The number of aromatic nitrogens is 4. The number of rotatable bonds is 4. The van der Waals surface area contributed by atoms with E-state index >= 15 is 0 Å². The number of carboxylic acids is 1. The smallest absolute Gasteiger partial charge is 0.550 e. The fourth-order valence-electron chi connectivity index (χ4n) is 4.95. The number of aromatic amines is 1. The van der Waals surface area contributed by atoms with Crippen molar-refractivity contribution >= 4 is 22.8 Å². The predicted octanol–water partition coefficient (Wildman–Crippen LogP) is -0.592. The average molecular weight is 439 g/mol. The monoisotopic (exact) mass is 439 g/mol. The van der Waals surface area contributed by atoms with E-state index in [4.69, 9.17) is 0 Å². The van der Waals surface area contributed by atoms with Crippen LogP contribution in [0.25, 0.3) is 22.4 Å². The van der Waals surface area contributed by atoms with E-state index < -0.39 is 35.4 Å². The Morgan fingerprint density at radius 2 is 1.81 bits per heavy atom. The zero-order chi connectivity index (χ0) is 21.0. The van der Waals surface area contributed by atoms with Gasteiger partial charge in [-0.2, -0.15) is 5.10 Å². The first-order valence-electron chi connectivity index (χ1n) is 9.76. The molecule has 2 atom stereocenters. The summed E-state index contributed by atoms with van der Waals surface area (Å²) < 4.78 is 42.7. The zero-order valence-corrected chi connectivity index (χ0v) is 18.7. The molecule has 0 unspecified atom stereocenters. The quantitative estimate of drug-likeness (QED) is 0.527. The standard InChI is InChI=1S/C20H18F3N5O2.Na/c21-10-5-11-16(27-28-18(11)24-7-10)17-12(22)6-13(23)19(26-17)25-15-9-3-1-8(2-4-9)14(15)20(29)30;/h5-9,14-15H,1-4H2,(H,25,26)(H,29,30)(H,24,27,28);/q;+1/p-1/t8?,9?,14-,15-;/m1./s1. The van der Waals surface area contributed by atoms with Crippen molar-refractivity contribution in [3.63, 3.8) is 0 Å². The fraction of sp³-hybridized carbons (Fsp3) is 0.400. The number of aliphatic carboxylic acids is 1. The molecule has 0 amide bonds. The van der Waals surface area contributed by atoms with E-state index in [1.165, 1.54) is 0 Å². The van der Waals surface area contributed by atoms with Crippen molar-refractivity contribution in [2.45, 2.75) is 31.7 Å². The molecule has 3 aliphatic rings. The number of hydrogen-bond acceptors (Lipinski definition) is 6. The molecule has 0 aliphatic heterocycles. The molecule has 3 aromatic rings. The van der Waals surface area contributed by atoms with E-state index in [0.29, 0.717) is 6.07 Å². The Kier molecular flexibility index (Phi) is 5.97. The summed E-state index contributed by atoms with van der Waals surface area (Å²) in [6, 6.07) is 1.24. The van der Waals surface area contributed by atoms with Gasteiger partial charge in [0.15, 0.2) is 23.1 Å². The van der Waals surface area contributed by atoms with E-state index in [1.807, 2.05) is 0 Å². The molecule has 11 heteroatoms. The molecule has 6 rings (SSSR count). The van der Waals surface area contributed by atoms with Crippen molar-refractivity contribution in [2.24, 2.45) is 17.8 Å².